The van der Waals surface area contributed by atoms with E-state index in [1.807, 2.05) is 0 Å². The molecule has 0 fully saturated rings. The zero-order valence-corrected chi connectivity index (χ0v) is 9.48. The Balaban J connectivity index is 2.39. The van der Waals surface area contributed by atoms with Crippen LogP contribution < -0.4 is 5.32 Å². The fraction of sp³-hybridized carbons (Fsp3) is 0.400. The Bertz CT molecular complexity index is 395. The molecule has 0 unspecified atom stereocenters. The van der Waals surface area contributed by atoms with Crippen LogP contribution in [0.3, 0.4) is 0 Å². The third-order valence-electron chi connectivity index (χ3n) is 1.94. The zero-order chi connectivity index (χ0) is 12.9. The maximum Gasteiger partial charge on any atom is 0.389 e. The molecule has 1 aromatic heterocycles. The van der Waals surface area contributed by atoms with Crippen LogP contribution in [-0.2, 0) is 0 Å². The molecule has 0 atom stereocenters. The average Bonchev–Trinajstić information content (AvgIpc) is 2.23. The second-order valence-corrected chi connectivity index (χ2v) is 3.74. The Hall–Kier alpha value is -1.30. The Morgan fingerprint density at radius 2 is 2.18 bits per heavy atom. The molecule has 7 heteroatoms. The van der Waals surface area contributed by atoms with Crippen molar-refractivity contribution in [1.29, 1.82) is 0 Å². The van der Waals surface area contributed by atoms with Crippen molar-refractivity contribution in [2.75, 3.05) is 6.54 Å². The van der Waals surface area contributed by atoms with Crippen LogP contribution in [-0.4, -0.2) is 23.6 Å². The lowest BCUT2D eigenvalue weighted by Gasteiger charge is -2.07. The highest BCUT2D eigenvalue weighted by atomic mass is 35.5. The van der Waals surface area contributed by atoms with Gasteiger partial charge in [-0.3, -0.25) is 9.78 Å². The van der Waals surface area contributed by atoms with Crippen molar-refractivity contribution in [2.24, 2.45) is 0 Å². The number of aromatic nitrogens is 1. The van der Waals surface area contributed by atoms with Gasteiger partial charge in [0.2, 0.25) is 0 Å². The molecule has 0 saturated carbocycles. The first kappa shape index (κ1) is 13.8. The minimum absolute atomic E-state index is 0.0520. The maximum atomic E-state index is 11.8. The zero-order valence-electron chi connectivity index (χ0n) is 8.72. The van der Waals surface area contributed by atoms with Crippen molar-refractivity contribution >= 4 is 17.5 Å². The summed E-state index contributed by atoms with van der Waals surface area (Å²) in [4.78, 5) is 15.2. The van der Waals surface area contributed by atoms with Gasteiger partial charge in [-0.15, -0.1) is 0 Å². The Labute approximate surface area is 101 Å². The fourth-order valence-corrected chi connectivity index (χ4v) is 1.32. The first-order valence-electron chi connectivity index (χ1n) is 4.84. The first-order valence-corrected chi connectivity index (χ1v) is 5.22. The van der Waals surface area contributed by atoms with Gasteiger partial charge in [0.25, 0.3) is 5.91 Å². The van der Waals surface area contributed by atoms with Crippen molar-refractivity contribution in [1.82, 2.24) is 10.3 Å². The summed E-state index contributed by atoms with van der Waals surface area (Å²) >= 11 is 5.72. The standard InChI is InChI=1S/C10H10ClF3N2O/c11-8-2-5-15-6-7(8)9(17)16-4-1-3-10(12,13)14/h2,5-6H,1,3-4H2,(H,16,17). The van der Waals surface area contributed by atoms with Gasteiger partial charge in [-0.1, -0.05) is 11.6 Å². The lowest BCUT2D eigenvalue weighted by Crippen LogP contribution is -2.25. The number of halogens is 4. The Kier molecular flexibility index (Phi) is 4.74. The number of amides is 1. The van der Waals surface area contributed by atoms with E-state index in [1.54, 1.807) is 0 Å². The molecule has 3 nitrogen and oxygen atoms in total. The van der Waals surface area contributed by atoms with Crippen molar-refractivity contribution in [3.05, 3.63) is 29.0 Å². The predicted octanol–water partition coefficient (Wildman–Crippen LogP) is 2.81. The third kappa shape index (κ3) is 5.04. The SMILES string of the molecule is O=C(NCCCC(F)(F)F)c1cnccc1Cl. The second kappa shape index (κ2) is 5.86. The second-order valence-electron chi connectivity index (χ2n) is 3.33. The first-order chi connectivity index (χ1) is 7.90. The molecule has 0 saturated heterocycles. The summed E-state index contributed by atoms with van der Waals surface area (Å²) in [5, 5.41) is 2.57. The topological polar surface area (TPSA) is 42.0 Å². The van der Waals surface area contributed by atoms with Crippen molar-refractivity contribution in [2.45, 2.75) is 19.0 Å². The number of nitrogens with one attached hydrogen (secondary N) is 1. The van der Waals surface area contributed by atoms with Crippen molar-refractivity contribution in [3.8, 4) is 0 Å². The number of hydrogen-bond donors (Lipinski definition) is 1. The lowest BCUT2D eigenvalue weighted by molar-refractivity contribution is -0.135. The number of carbonyl (C=O) groups excluding carboxylic acids is 1. The van der Waals surface area contributed by atoms with Gasteiger partial charge in [-0.05, 0) is 12.5 Å². The summed E-state index contributed by atoms with van der Waals surface area (Å²) in [6, 6.07) is 1.44. The summed E-state index contributed by atoms with van der Waals surface area (Å²) in [6.07, 6.45) is -2.60. The summed E-state index contributed by atoms with van der Waals surface area (Å²) in [5.74, 6) is -0.523. The Morgan fingerprint density at radius 3 is 2.76 bits per heavy atom. The van der Waals surface area contributed by atoms with E-state index in [1.165, 1.54) is 18.5 Å². The largest absolute Gasteiger partial charge is 0.389 e. The molecule has 1 rings (SSSR count). The summed E-state index contributed by atoms with van der Waals surface area (Å²) < 4.78 is 35.5. The van der Waals surface area contributed by atoms with Gasteiger partial charge in [0.1, 0.15) is 0 Å². The summed E-state index contributed by atoms with van der Waals surface area (Å²) in [5.41, 5.74) is 0.154. The van der Waals surface area contributed by atoms with Crippen molar-refractivity contribution < 1.29 is 18.0 Å². The number of nitrogens with zero attached hydrogens (tertiary/aromatic N) is 1. The van der Waals surface area contributed by atoms with Crippen LogP contribution in [0.25, 0.3) is 0 Å². The molecular weight excluding hydrogens is 257 g/mol. The number of rotatable bonds is 4. The van der Waals surface area contributed by atoms with E-state index < -0.39 is 18.5 Å². The predicted molar refractivity (Wildman–Crippen MR) is 56.9 cm³/mol. The molecule has 0 aliphatic carbocycles. The molecule has 0 radical (unpaired) electrons. The van der Waals surface area contributed by atoms with E-state index in [9.17, 15) is 18.0 Å². The monoisotopic (exact) mass is 266 g/mol. The number of pyridine rings is 1. The van der Waals surface area contributed by atoms with E-state index in [2.05, 4.69) is 10.3 Å². The third-order valence-corrected chi connectivity index (χ3v) is 2.26. The van der Waals surface area contributed by atoms with Gasteiger partial charge in [0.15, 0.2) is 0 Å². The molecule has 0 aliphatic heterocycles. The number of carbonyl (C=O) groups is 1. The van der Waals surface area contributed by atoms with Crippen LogP contribution in [0.15, 0.2) is 18.5 Å². The molecule has 0 spiro atoms. The molecule has 1 amide bonds. The molecule has 1 N–H and O–H groups in total. The molecule has 94 valence electrons. The molecule has 0 bridgehead atoms. The highest BCUT2D eigenvalue weighted by Crippen LogP contribution is 2.20. The minimum atomic E-state index is -4.20. The smallest absolute Gasteiger partial charge is 0.352 e. The normalized spacial score (nSPS) is 11.3. The van der Waals surface area contributed by atoms with Crippen LogP contribution in [0.4, 0.5) is 13.2 Å². The van der Waals surface area contributed by atoms with Crippen LogP contribution >= 0.6 is 11.6 Å². The van der Waals surface area contributed by atoms with E-state index in [0.717, 1.165) is 0 Å². The van der Waals surface area contributed by atoms with Crippen LogP contribution in [0, 0.1) is 0 Å². The fourth-order valence-electron chi connectivity index (χ4n) is 1.13. The minimum Gasteiger partial charge on any atom is -0.352 e. The molecule has 0 aromatic carbocycles. The highest BCUT2D eigenvalue weighted by molar-refractivity contribution is 6.33. The van der Waals surface area contributed by atoms with Crippen molar-refractivity contribution in [3.63, 3.8) is 0 Å². The van der Waals surface area contributed by atoms with Gasteiger partial charge in [0.05, 0.1) is 10.6 Å². The average molecular weight is 267 g/mol. The summed E-state index contributed by atoms with van der Waals surface area (Å²) in [7, 11) is 0. The highest BCUT2D eigenvalue weighted by Gasteiger charge is 2.26. The maximum absolute atomic E-state index is 11.8. The van der Waals surface area contributed by atoms with Gasteiger partial charge in [0, 0.05) is 25.4 Å². The van der Waals surface area contributed by atoms with E-state index in [0.29, 0.717) is 0 Å². The van der Waals surface area contributed by atoms with Gasteiger partial charge >= 0.3 is 6.18 Å². The van der Waals surface area contributed by atoms with E-state index in [4.69, 9.17) is 11.6 Å². The van der Waals surface area contributed by atoms with Gasteiger partial charge in [-0.2, -0.15) is 13.2 Å². The molecular formula is C10H10ClF3N2O. The molecule has 1 heterocycles. The van der Waals surface area contributed by atoms with Gasteiger partial charge < -0.3 is 5.32 Å². The van der Waals surface area contributed by atoms with Crippen LogP contribution in [0.5, 0.6) is 0 Å². The molecule has 0 aliphatic rings. The van der Waals surface area contributed by atoms with Gasteiger partial charge in [-0.25, -0.2) is 0 Å². The van der Waals surface area contributed by atoms with Crippen LogP contribution in [0.1, 0.15) is 23.2 Å². The quantitative estimate of drug-likeness (QED) is 0.852. The Morgan fingerprint density at radius 1 is 1.47 bits per heavy atom. The summed E-state index contributed by atoms with van der Waals surface area (Å²) in [6.45, 7) is -0.0520. The molecule has 1 aromatic rings. The molecule has 17 heavy (non-hydrogen) atoms. The lowest BCUT2D eigenvalue weighted by atomic mass is 10.2. The van der Waals surface area contributed by atoms with E-state index >= 15 is 0 Å². The number of alkyl halides is 3. The number of hydrogen-bond acceptors (Lipinski definition) is 2. The van der Waals surface area contributed by atoms with E-state index in [-0.39, 0.29) is 23.6 Å². The van der Waals surface area contributed by atoms with Crippen LogP contribution in [0.2, 0.25) is 5.02 Å².